The van der Waals surface area contributed by atoms with Gasteiger partial charge in [0.15, 0.2) is 17.3 Å². The van der Waals surface area contributed by atoms with E-state index in [0.29, 0.717) is 18.1 Å². The molecule has 2 unspecified atom stereocenters. The van der Waals surface area contributed by atoms with E-state index >= 15 is 0 Å². The first-order valence-electron chi connectivity index (χ1n) is 8.47. The first-order valence-corrected chi connectivity index (χ1v) is 8.47. The largest absolute Gasteiger partial charge is 0.493 e. The van der Waals surface area contributed by atoms with E-state index in [4.69, 9.17) is 19.9 Å². The fraction of sp³-hybridized carbons (Fsp3) is 0.500. The number of benzene rings is 1. The standard InChI is InChI=1S/C18H26N4O3/c1-12-9-17(20-2)22-18(19,21-12)13-6-7-15(23-3)16(10-13)25-11-14-5-4-8-24-14/h6-7,9-10,14,21H,4-5,8,11,19H2,1-3H3,(H,20,22). The molecule has 7 nitrogen and oxygen atoms in total. The average molecular weight is 346 g/mol. The highest BCUT2D eigenvalue weighted by Gasteiger charge is 2.32. The van der Waals surface area contributed by atoms with Crippen LogP contribution in [0.3, 0.4) is 0 Å². The molecule has 4 N–H and O–H groups in total. The van der Waals surface area contributed by atoms with Crippen molar-refractivity contribution in [1.82, 2.24) is 10.6 Å². The zero-order valence-corrected chi connectivity index (χ0v) is 15.0. The van der Waals surface area contributed by atoms with Crippen LogP contribution in [0.2, 0.25) is 0 Å². The van der Waals surface area contributed by atoms with Crippen LogP contribution in [0.4, 0.5) is 0 Å². The van der Waals surface area contributed by atoms with Crippen molar-refractivity contribution < 1.29 is 14.2 Å². The van der Waals surface area contributed by atoms with Crippen LogP contribution < -0.4 is 25.8 Å². The van der Waals surface area contributed by atoms with Crippen LogP contribution in [-0.2, 0) is 10.5 Å². The Labute approximate surface area is 148 Å². The van der Waals surface area contributed by atoms with E-state index in [1.165, 1.54) is 0 Å². The molecule has 0 saturated carbocycles. The lowest BCUT2D eigenvalue weighted by atomic mass is 10.0. The number of amidine groups is 1. The summed E-state index contributed by atoms with van der Waals surface area (Å²) in [5, 5.41) is 6.47. The molecule has 1 aromatic carbocycles. The van der Waals surface area contributed by atoms with E-state index in [0.717, 1.165) is 36.5 Å². The van der Waals surface area contributed by atoms with E-state index in [2.05, 4.69) is 15.6 Å². The molecule has 25 heavy (non-hydrogen) atoms. The summed E-state index contributed by atoms with van der Waals surface area (Å²) in [4.78, 5) is 4.20. The average Bonchev–Trinajstić information content (AvgIpc) is 3.12. The molecule has 0 amide bonds. The van der Waals surface area contributed by atoms with E-state index in [1.54, 1.807) is 14.2 Å². The smallest absolute Gasteiger partial charge is 0.190 e. The van der Waals surface area contributed by atoms with Gasteiger partial charge in [-0.3, -0.25) is 10.7 Å². The van der Waals surface area contributed by atoms with E-state index < -0.39 is 5.79 Å². The normalized spacial score (nSPS) is 27.4. The van der Waals surface area contributed by atoms with Gasteiger partial charge in [-0.1, -0.05) is 0 Å². The molecule has 0 spiro atoms. The summed E-state index contributed by atoms with van der Waals surface area (Å²) in [6.07, 6.45) is 4.14. The number of hydrogen-bond acceptors (Lipinski definition) is 6. The quantitative estimate of drug-likeness (QED) is 0.748. The predicted octanol–water partition coefficient (Wildman–Crippen LogP) is 1.45. The van der Waals surface area contributed by atoms with Crippen molar-refractivity contribution in [2.24, 2.45) is 10.7 Å². The molecule has 0 radical (unpaired) electrons. The van der Waals surface area contributed by atoms with Crippen LogP contribution in [0.5, 0.6) is 11.5 Å². The first kappa shape index (κ1) is 17.6. The van der Waals surface area contributed by atoms with Crippen molar-refractivity contribution in [3.63, 3.8) is 0 Å². The molecule has 0 bridgehead atoms. The second-order valence-electron chi connectivity index (χ2n) is 6.31. The lowest BCUT2D eigenvalue weighted by Crippen LogP contribution is -2.64. The number of ether oxygens (including phenoxy) is 3. The number of nitrogens with two attached hydrogens (primary N) is 1. The number of methoxy groups -OCH3 is 1. The molecule has 1 aromatic rings. The molecule has 2 aliphatic heterocycles. The van der Waals surface area contributed by atoms with Crippen molar-refractivity contribution in [3.05, 3.63) is 35.5 Å². The topological polar surface area (TPSA) is 90.1 Å². The summed E-state index contributed by atoms with van der Waals surface area (Å²) >= 11 is 0. The van der Waals surface area contributed by atoms with Gasteiger partial charge < -0.3 is 24.8 Å². The number of aliphatic imine (C=N–C) groups is 1. The predicted molar refractivity (Wildman–Crippen MR) is 96.7 cm³/mol. The summed E-state index contributed by atoms with van der Waals surface area (Å²) in [5.74, 6) is 1.06. The molecule has 0 aliphatic carbocycles. The second kappa shape index (κ2) is 7.33. The maximum atomic E-state index is 6.55. The van der Waals surface area contributed by atoms with Gasteiger partial charge in [0.1, 0.15) is 12.4 Å². The highest BCUT2D eigenvalue weighted by molar-refractivity contribution is 5.94. The Kier molecular flexibility index (Phi) is 5.15. The van der Waals surface area contributed by atoms with Crippen molar-refractivity contribution in [2.75, 3.05) is 27.4 Å². The molecule has 2 atom stereocenters. The number of nitrogens with zero attached hydrogens (tertiary/aromatic N) is 1. The minimum atomic E-state index is -0.970. The van der Waals surface area contributed by atoms with Gasteiger partial charge in [-0.25, -0.2) is 0 Å². The monoisotopic (exact) mass is 346 g/mol. The summed E-state index contributed by atoms with van der Waals surface area (Å²) in [5.41, 5.74) is 8.30. The fourth-order valence-corrected chi connectivity index (χ4v) is 3.08. The number of hydrogen-bond donors (Lipinski definition) is 3. The van der Waals surface area contributed by atoms with Gasteiger partial charge in [0.2, 0.25) is 0 Å². The lowest BCUT2D eigenvalue weighted by molar-refractivity contribution is 0.0669. The Morgan fingerprint density at radius 2 is 2.20 bits per heavy atom. The van der Waals surface area contributed by atoms with E-state index in [1.807, 2.05) is 31.2 Å². The van der Waals surface area contributed by atoms with Gasteiger partial charge in [-0.15, -0.1) is 0 Å². The van der Waals surface area contributed by atoms with Gasteiger partial charge in [0.25, 0.3) is 0 Å². The van der Waals surface area contributed by atoms with E-state index in [9.17, 15) is 0 Å². The molecule has 7 heteroatoms. The zero-order chi connectivity index (χ0) is 17.9. The Bertz CT molecular complexity index is 683. The van der Waals surface area contributed by atoms with Gasteiger partial charge in [0.05, 0.1) is 13.2 Å². The zero-order valence-electron chi connectivity index (χ0n) is 15.0. The minimum Gasteiger partial charge on any atom is -0.493 e. The van der Waals surface area contributed by atoms with Crippen LogP contribution in [-0.4, -0.2) is 39.3 Å². The Morgan fingerprint density at radius 1 is 1.36 bits per heavy atom. The van der Waals surface area contributed by atoms with Crippen molar-refractivity contribution in [2.45, 2.75) is 31.7 Å². The van der Waals surface area contributed by atoms with Gasteiger partial charge in [-0.2, -0.15) is 0 Å². The third-order valence-electron chi connectivity index (χ3n) is 4.38. The summed E-state index contributed by atoms with van der Waals surface area (Å²) in [7, 11) is 3.35. The van der Waals surface area contributed by atoms with Gasteiger partial charge in [-0.05, 0) is 44.0 Å². The summed E-state index contributed by atoms with van der Waals surface area (Å²) in [6.45, 7) is 3.25. The molecule has 2 aliphatic rings. The molecule has 0 aromatic heterocycles. The highest BCUT2D eigenvalue weighted by atomic mass is 16.5. The maximum Gasteiger partial charge on any atom is 0.190 e. The second-order valence-corrected chi connectivity index (χ2v) is 6.31. The van der Waals surface area contributed by atoms with Crippen LogP contribution in [0.15, 0.2) is 35.0 Å². The van der Waals surface area contributed by atoms with Crippen LogP contribution >= 0.6 is 0 Å². The first-order chi connectivity index (χ1) is 12.0. The van der Waals surface area contributed by atoms with Gasteiger partial charge >= 0.3 is 0 Å². The van der Waals surface area contributed by atoms with Crippen LogP contribution in [0.1, 0.15) is 25.3 Å². The molecule has 1 fully saturated rings. The lowest BCUT2D eigenvalue weighted by Gasteiger charge is -2.37. The molecule has 136 valence electrons. The molecular weight excluding hydrogens is 320 g/mol. The van der Waals surface area contributed by atoms with Crippen molar-refractivity contribution in [1.29, 1.82) is 0 Å². The van der Waals surface area contributed by atoms with Crippen molar-refractivity contribution >= 4 is 5.84 Å². The third-order valence-corrected chi connectivity index (χ3v) is 4.38. The Hall–Kier alpha value is -2.25. The Balaban J connectivity index is 1.84. The maximum absolute atomic E-state index is 6.55. The van der Waals surface area contributed by atoms with E-state index in [-0.39, 0.29) is 6.10 Å². The number of nitrogens with one attached hydrogen (secondary N) is 2. The molecule has 3 rings (SSSR count). The molecule has 2 heterocycles. The Morgan fingerprint density at radius 3 is 2.88 bits per heavy atom. The number of allylic oxidation sites excluding steroid dienone is 1. The minimum absolute atomic E-state index is 0.134. The van der Waals surface area contributed by atoms with Gasteiger partial charge in [0, 0.05) is 24.9 Å². The van der Waals surface area contributed by atoms with Crippen LogP contribution in [0.25, 0.3) is 0 Å². The van der Waals surface area contributed by atoms with Crippen molar-refractivity contribution in [3.8, 4) is 11.5 Å². The SMILES string of the molecule is CN=C1C=C(C)NC(N)(c2ccc(OC)c(OCC3CCCO3)c2)N1. The summed E-state index contributed by atoms with van der Waals surface area (Å²) < 4.78 is 17.0. The third kappa shape index (κ3) is 3.88. The molecular formula is C18H26N4O3. The molecule has 1 saturated heterocycles. The van der Waals surface area contributed by atoms with Crippen LogP contribution in [0, 0.1) is 0 Å². The highest BCUT2D eigenvalue weighted by Crippen LogP contribution is 2.32. The number of rotatable bonds is 5. The fourth-order valence-electron chi connectivity index (χ4n) is 3.08. The summed E-state index contributed by atoms with van der Waals surface area (Å²) in [6, 6.07) is 5.65.